The molecule has 0 saturated carbocycles. The Bertz CT molecular complexity index is 684. The fraction of sp³-hybridized carbons (Fsp3) is 0.412. The molecule has 0 aromatic carbocycles. The summed E-state index contributed by atoms with van der Waals surface area (Å²) in [7, 11) is 0. The predicted octanol–water partition coefficient (Wildman–Crippen LogP) is 3.26. The third-order valence-electron chi connectivity index (χ3n) is 4.06. The van der Waals surface area contributed by atoms with Crippen LogP contribution in [0, 0.1) is 6.92 Å². The van der Waals surface area contributed by atoms with E-state index >= 15 is 0 Å². The average Bonchev–Trinajstić information content (AvgIpc) is 2.86. The van der Waals surface area contributed by atoms with Gasteiger partial charge >= 0.3 is 0 Å². The van der Waals surface area contributed by atoms with Gasteiger partial charge in [-0.1, -0.05) is 17.7 Å². The van der Waals surface area contributed by atoms with Crippen LogP contribution in [0.25, 0.3) is 5.52 Å². The maximum atomic E-state index is 12.3. The Labute approximate surface area is 124 Å². The number of hydrogen-bond donors (Lipinski definition) is 1. The van der Waals surface area contributed by atoms with Gasteiger partial charge in [0.15, 0.2) is 5.69 Å². The minimum atomic E-state index is -0.0804. The summed E-state index contributed by atoms with van der Waals surface area (Å²) in [6.45, 7) is 2.60. The molecular formula is C17H21N3O. The molecule has 21 heavy (non-hydrogen) atoms. The van der Waals surface area contributed by atoms with Crippen molar-refractivity contribution in [3.63, 3.8) is 0 Å². The summed E-state index contributed by atoms with van der Waals surface area (Å²) in [5.74, 6) is 0.758. The predicted molar refractivity (Wildman–Crippen MR) is 83.4 cm³/mol. The Morgan fingerprint density at radius 3 is 3.10 bits per heavy atom. The van der Waals surface area contributed by atoms with Gasteiger partial charge in [-0.2, -0.15) is 0 Å². The molecule has 4 heteroatoms. The van der Waals surface area contributed by atoms with E-state index in [4.69, 9.17) is 0 Å². The molecule has 1 aliphatic rings. The molecule has 1 N–H and O–H groups in total. The molecular weight excluding hydrogens is 262 g/mol. The summed E-state index contributed by atoms with van der Waals surface area (Å²) in [5, 5.41) is 3.00. The molecule has 0 unspecified atom stereocenters. The van der Waals surface area contributed by atoms with Crippen molar-refractivity contribution in [1.29, 1.82) is 0 Å². The number of amides is 1. The molecule has 3 rings (SSSR count). The quantitative estimate of drug-likeness (QED) is 0.875. The first-order chi connectivity index (χ1) is 10.3. The highest BCUT2D eigenvalue weighted by Crippen LogP contribution is 2.19. The van der Waals surface area contributed by atoms with Gasteiger partial charge < -0.3 is 9.72 Å². The van der Waals surface area contributed by atoms with E-state index < -0.39 is 0 Å². The van der Waals surface area contributed by atoms with Gasteiger partial charge in [0.05, 0.1) is 5.52 Å². The summed E-state index contributed by atoms with van der Waals surface area (Å²) < 4.78 is 1.94. The normalized spacial score (nSPS) is 15.0. The maximum absolute atomic E-state index is 12.3. The van der Waals surface area contributed by atoms with Crippen LogP contribution in [-0.2, 0) is 0 Å². The van der Waals surface area contributed by atoms with Gasteiger partial charge in [-0.25, -0.2) is 4.98 Å². The number of nitrogens with zero attached hydrogens (tertiary/aromatic N) is 2. The van der Waals surface area contributed by atoms with Crippen molar-refractivity contribution in [3.05, 3.63) is 47.6 Å². The Kier molecular flexibility index (Phi) is 4.04. The van der Waals surface area contributed by atoms with Crippen LogP contribution in [-0.4, -0.2) is 21.8 Å². The summed E-state index contributed by atoms with van der Waals surface area (Å²) in [5.41, 5.74) is 2.86. The molecule has 0 atom stereocenters. The van der Waals surface area contributed by atoms with Gasteiger partial charge in [-0.05, 0) is 51.2 Å². The van der Waals surface area contributed by atoms with Crippen LogP contribution in [0.5, 0.6) is 0 Å². The summed E-state index contributed by atoms with van der Waals surface area (Å²) in [6.07, 6.45) is 10.2. The average molecular weight is 283 g/mol. The summed E-state index contributed by atoms with van der Waals surface area (Å²) in [6, 6.07) is 5.80. The molecule has 1 amide bonds. The van der Waals surface area contributed by atoms with Crippen LogP contribution in [0.1, 0.15) is 48.4 Å². The molecule has 0 saturated heterocycles. The lowest BCUT2D eigenvalue weighted by molar-refractivity contribution is 0.0951. The van der Waals surface area contributed by atoms with Crippen molar-refractivity contribution >= 4 is 11.4 Å². The summed E-state index contributed by atoms with van der Waals surface area (Å²) >= 11 is 0. The van der Waals surface area contributed by atoms with E-state index in [1.165, 1.54) is 31.3 Å². The Morgan fingerprint density at radius 2 is 2.29 bits per heavy atom. The van der Waals surface area contributed by atoms with Gasteiger partial charge in [0.25, 0.3) is 5.91 Å². The molecule has 0 aliphatic heterocycles. The highest BCUT2D eigenvalue weighted by molar-refractivity contribution is 5.99. The van der Waals surface area contributed by atoms with Crippen molar-refractivity contribution < 1.29 is 4.79 Å². The minimum Gasteiger partial charge on any atom is -0.350 e. The second kappa shape index (κ2) is 6.12. The van der Waals surface area contributed by atoms with Crippen LogP contribution in [0.4, 0.5) is 0 Å². The zero-order valence-electron chi connectivity index (χ0n) is 12.4. The van der Waals surface area contributed by atoms with Crippen LogP contribution in [0.3, 0.4) is 0 Å². The lowest BCUT2D eigenvalue weighted by atomic mass is 9.97. The van der Waals surface area contributed by atoms with E-state index in [-0.39, 0.29) is 5.91 Å². The van der Waals surface area contributed by atoms with E-state index in [1.54, 1.807) is 0 Å². The smallest absolute Gasteiger partial charge is 0.272 e. The van der Waals surface area contributed by atoms with E-state index in [0.29, 0.717) is 12.2 Å². The molecule has 2 aromatic heterocycles. The van der Waals surface area contributed by atoms with Crippen molar-refractivity contribution in [2.45, 2.75) is 39.0 Å². The van der Waals surface area contributed by atoms with Crippen molar-refractivity contribution in [1.82, 2.24) is 14.7 Å². The standard InChI is InChI=1S/C17H21N3O/c1-13-19-16(15-9-5-6-12-20(13)15)17(21)18-11-10-14-7-3-2-4-8-14/h5-7,9,12H,2-4,8,10-11H2,1H3,(H,18,21). The number of allylic oxidation sites excluding steroid dienone is 1. The minimum absolute atomic E-state index is 0.0804. The Hall–Kier alpha value is -2.10. The van der Waals surface area contributed by atoms with Crippen LogP contribution >= 0.6 is 0 Å². The summed E-state index contributed by atoms with van der Waals surface area (Å²) in [4.78, 5) is 16.7. The van der Waals surface area contributed by atoms with E-state index in [9.17, 15) is 4.79 Å². The third kappa shape index (κ3) is 2.99. The molecule has 0 spiro atoms. The number of carbonyl (C=O) groups excluding carboxylic acids is 1. The molecule has 4 nitrogen and oxygen atoms in total. The van der Waals surface area contributed by atoms with E-state index in [0.717, 1.165) is 17.8 Å². The topological polar surface area (TPSA) is 46.4 Å². The number of rotatable bonds is 4. The van der Waals surface area contributed by atoms with Crippen molar-refractivity contribution in [2.24, 2.45) is 0 Å². The number of aryl methyl sites for hydroxylation is 1. The Balaban J connectivity index is 1.65. The SMILES string of the molecule is Cc1nc(C(=O)NCCC2=CCCCC2)c2ccccn12. The number of nitrogens with one attached hydrogen (secondary N) is 1. The monoisotopic (exact) mass is 283 g/mol. The van der Waals surface area contributed by atoms with Crippen LogP contribution in [0.15, 0.2) is 36.0 Å². The lowest BCUT2D eigenvalue weighted by Crippen LogP contribution is -2.25. The lowest BCUT2D eigenvalue weighted by Gasteiger charge is -2.12. The molecule has 0 radical (unpaired) electrons. The van der Waals surface area contributed by atoms with Crippen LogP contribution in [0.2, 0.25) is 0 Å². The zero-order chi connectivity index (χ0) is 14.7. The van der Waals surface area contributed by atoms with Crippen molar-refractivity contribution in [2.75, 3.05) is 6.54 Å². The number of pyridine rings is 1. The third-order valence-corrected chi connectivity index (χ3v) is 4.06. The fourth-order valence-corrected chi connectivity index (χ4v) is 2.91. The number of hydrogen-bond acceptors (Lipinski definition) is 2. The largest absolute Gasteiger partial charge is 0.350 e. The number of aromatic nitrogens is 2. The van der Waals surface area contributed by atoms with Gasteiger partial charge in [0.1, 0.15) is 5.82 Å². The number of carbonyl (C=O) groups is 1. The van der Waals surface area contributed by atoms with E-state index in [2.05, 4.69) is 16.4 Å². The molecule has 1 aliphatic carbocycles. The highest BCUT2D eigenvalue weighted by atomic mass is 16.1. The van der Waals surface area contributed by atoms with Crippen LogP contribution < -0.4 is 5.32 Å². The van der Waals surface area contributed by atoms with Gasteiger partial charge in [-0.3, -0.25) is 4.79 Å². The number of fused-ring (bicyclic) bond motifs is 1. The maximum Gasteiger partial charge on any atom is 0.272 e. The van der Waals surface area contributed by atoms with Gasteiger partial charge in [0, 0.05) is 12.7 Å². The van der Waals surface area contributed by atoms with Crippen molar-refractivity contribution in [3.8, 4) is 0 Å². The fourth-order valence-electron chi connectivity index (χ4n) is 2.91. The Morgan fingerprint density at radius 1 is 1.38 bits per heavy atom. The molecule has 110 valence electrons. The molecule has 0 bridgehead atoms. The van der Waals surface area contributed by atoms with Gasteiger partial charge in [0.2, 0.25) is 0 Å². The van der Waals surface area contributed by atoms with E-state index in [1.807, 2.05) is 35.7 Å². The molecule has 2 heterocycles. The highest BCUT2D eigenvalue weighted by Gasteiger charge is 2.15. The second-order valence-corrected chi connectivity index (χ2v) is 5.58. The first-order valence-corrected chi connectivity index (χ1v) is 7.65. The molecule has 0 fully saturated rings. The zero-order valence-corrected chi connectivity index (χ0v) is 12.4. The first kappa shape index (κ1) is 13.9. The van der Waals surface area contributed by atoms with Gasteiger partial charge in [-0.15, -0.1) is 0 Å². The number of imidazole rings is 1. The first-order valence-electron chi connectivity index (χ1n) is 7.65. The molecule has 2 aromatic rings. The second-order valence-electron chi connectivity index (χ2n) is 5.58.